The van der Waals surface area contributed by atoms with Crippen molar-refractivity contribution in [2.45, 2.75) is 31.7 Å². The fraction of sp³-hybridized carbons (Fsp3) is 0.467. The Labute approximate surface area is 127 Å². The normalized spacial score (nSPS) is 21.9. The number of halogens is 1. The summed E-state index contributed by atoms with van der Waals surface area (Å²) in [5.41, 5.74) is 0.532. The number of ether oxygens (including phenoxy) is 1. The molecule has 5 heteroatoms. The summed E-state index contributed by atoms with van der Waals surface area (Å²) in [6.45, 7) is 0. The maximum Gasteiger partial charge on any atom is 0.255 e. The second-order valence-corrected chi connectivity index (χ2v) is 5.91. The zero-order chi connectivity index (χ0) is 14.5. The van der Waals surface area contributed by atoms with Crippen molar-refractivity contribution >= 4 is 21.8 Å². The van der Waals surface area contributed by atoms with Crippen LogP contribution in [0.2, 0.25) is 0 Å². The number of methoxy groups -OCH3 is 1. The van der Waals surface area contributed by atoms with Crippen molar-refractivity contribution in [3.05, 3.63) is 28.2 Å². The van der Waals surface area contributed by atoms with Gasteiger partial charge < -0.3 is 10.1 Å². The summed E-state index contributed by atoms with van der Waals surface area (Å²) in [4.78, 5) is 12.3. The SMILES string of the molecule is COc1ccc(Br)cc1C(=O)NC1CCC(C#N)CC1. The summed E-state index contributed by atoms with van der Waals surface area (Å²) in [5.74, 6) is 0.587. The van der Waals surface area contributed by atoms with Crippen LogP contribution in [0.1, 0.15) is 36.0 Å². The maximum absolute atomic E-state index is 12.3. The van der Waals surface area contributed by atoms with Gasteiger partial charge in [-0.15, -0.1) is 0 Å². The summed E-state index contributed by atoms with van der Waals surface area (Å²) in [6.07, 6.45) is 3.44. The van der Waals surface area contributed by atoms with Crippen LogP contribution in [0.4, 0.5) is 0 Å². The van der Waals surface area contributed by atoms with Gasteiger partial charge in [0.15, 0.2) is 0 Å². The molecule has 0 aromatic heterocycles. The molecule has 0 spiro atoms. The van der Waals surface area contributed by atoms with Crippen LogP contribution in [-0.4, -0.2) is 19.1 Å². The molecule has 1 N–H and O–H groups in total. The third-order valence-electron chi connectivity index (χ3n) is 3.65. The van der Waals surface area contributed by atoms with E-state index in [4.69, 9.17) is 10.00 Å². The number of carbonyl (C=O) groups is 1. The predicted molar refractivity (Wildman–Crippen MR) is 79.5 cm³/mol. The molecule has 1 amide bonds. The van der Waals surface area contributed by atoms with Crippen LogP contribution in [0.25, 0.3) is 0 Å². The van der Waals surface area contributed by atoms with Gasteiger partial charge in [-0.3, -0.25) is 4.79 Å². The van der Waals surface area contributed by atoms with Gasteiger partial charge in [0.1, 0.15) is 5.75 Å². The van der Waals surface area contributed by atoms with Crippen molar-refractivity contribution in [2.24, 2.45) is 5.92 Å². The number of hydrogen-bond acceptors (Lipinski definition) is 3. The summed E-state index contributed by atoms with van der Waals surface area (Å²) >= 11 is 3.36. The standard InChI is InChI=1S/C15H17BrN2O2/c1-20-14-7-4-11(16)8-13(14)15(19)18-12-5-2-10(9-17)3-6-12/h4,7-8,10,12H,2-3,5-6H2,1H3,(H,18,19). The highest BCUT2D eigenvalue weighted by molar-refractivity contribution is 9.10. The highest BCUT2D eigenvalue weighted by atomic mass is 79.9. The molecule has 1 aromatic carbocycles. The van der Waals surface area contributed by atoms with E-state index >= 15 is 0 Å². The molecule has 0 radical (unpaired) electrons. The van der Waals surface area contributed by atoms with Gasteiger partial charge in [0.2, 0.25) is 0 Å². The van der Waals surface area contributed by atoms with Gasteiger partial charge in [-0.1, -0.05) is 15.9 Å². The van der Waals surface area contributed by atoms with Crippen molar-refractivity contribution in [3.8, 4) is 11.8 Å². The molecule has 1 aliphatic carbocycles. The minimum absolute atomic E-state index is 0.122. The second-order valence-electron chi connectivity index (χ2n) is 5.00. The summed E-state index contributed by atoms with van der Waals surface area (Å²) in [6, 6.07) is 7.81. The third-order valence-corrected chi connectivity index (χ3v) is 4.14. The minimum atomic E-state index is -0.122. The van der Waals surface area contributed by atoms with E-state index in [1.54, 1.807) is 19.2 Å². The molecule has 1 fully saturated rings. The Kier molecular flexibility index (Phi) is 5.02. The summed E-state index contributed by atoms with van der Waals surface area (Å²) < 4.78 is 6.06. The first-order valence-electron chi connectivity index (χ1n) is 6.68. The predicted octanol–water partition coefficient (Wildman–Crippen LogP) is 3.27. The topological polar surface area (TPSA) is 62.1 Å². The lowest BCUT2D eigenvalue weighted by Crippen LogP contribution is -2.37. The first kappa shape index (κ1) is 14.9. The Bertz CT molecular complexity index is 531. The largest absolute Gasteiger partial charge is 0.496 e. The number of carbonyl (C=O) groups excluding carboxylic acids is 1. The molecular formula is C15H17BrN2O2. The molecule has 0 saturated heterocycles. The van der Waals surface area contributed by atoms with E-state index in [9.17, 15) is 4.79 Å². The highest BCUT2D eigenvalue weighted by Gasteiger charge is 2.23. The molecule has 0 aliphatic heterocycles. The van der Waals surface area contributed by atoms with Gasteiger partial charge in [-0.2, -0.15) is 5.26 Å². The number of nitrogens with one attached hydrogen (secondary N) is 1. The Morgan fingerprint density at radius 1 is 1.40 bits per heavy atom. The molecular weight excluding hydrogens is 320 g/mol. The molecule has 2 rings (SSSR count). The van der Waals surface area contributed by atoms with Gasteiger partial charge in [-0.05, 0) is 43.9 Å². The monoisotopic (exact) mass is 336 g/mol. The lowest BCUT2D eigenvalue weighted by atomic mass is 9.87. The molecule has 0 heterocycles. The van der Waals surface area contributed by atoms with E-state index in [0.717, 1.165) is 30.2 Å². The van der Waals surface area contributed by atoms with Gasteiger partial charge in [0, 0.05) is 16.4 Å². The van der Waals surface area contributed by atoms with Crippen LogP contribution in [0.3, 0.4) is 0 Å². The first-order valence-corrected chi connectivity index (χ1v) is 7.47. The molecule has 0 atom stereocenters. The molecule has 0 bridgehead atoms. The smallest absolute Gasteiger partial charge is 0.255 e. The van der Waals surface area contributed by atoms with Crippen LogP contribution in [0.5, 0.6) is 5.75 Å². The molecule has 106 valence electrons. The molecule has 20 heavy (non-hydrogen) atoms. The Balaban J connectivity index is 2.02. The molecule has 1 saturated carbocycles. The van der Waals surface area contributed by atoms with E-state index in [1.807, 2.05) is 6.07 Å². The number of nitrogens with zero attached hydrogens (tertiary/aromatic N) is 1. The van der Waals surface area contributed by atoms with Crippen molar-refractivity contribution in [1.29, 1.82) is 5.26 Å². The van der Waals surface area contributed by atoms with E-state index in [1.165, 1.54) is 0 Å². The average Bonchev–Trinajstić information content (AvgIpc) is 2.48. The van der Waals surface area contributed by atoms with Crippen molar-refractivity contribution in [2.75, 3.05) is 7.11 Å². The quantitative estimate of drug-likeness (QED) is 0.921. The molecule has 4 nitrogen and oxygen atoms in total. The number of benzene rings is 1. The fourth-order valence-corrected chi connectivity index (χ4v) is 2.85. The molecule has 1 aliphatic rings. The molecule has 0 unspecified atom stereocenters. The number of hydrogen-bond donors (Lipinski definition) is 1. The zero-order valence-electron chi connectivity index (χ0n) is 11.4. The number of nitriles is 1. The van der Waals surface area contributed by atoms with Crippen LogP contribution in [0, 0.1) is 17.2 Å². The van der Waals surface area contributed by atoms with Gasteiger partial charge in [0.25, 0.3) is 5.91 Å². The van der Waals surface area contributed by atoms with Gasteiger partial charge in [0.05, 0.1) is 18.7 Å². The van der Waals surface area contributed by atoms with Crippen molar-refractivity contribution < 1.29 is 9.53 Å². The Hall–Kier alpha value is -1.54. The number of amides is 1. The van der Waals surface area contributed by atoms with Crippen LogP contribution in [0.15, 0.2) is 22.7 Å². The van der Waals surface area contributed by atoms with Crippen molar-refractivity contribution in [3.63, 3.8) is 0 Å². The van der Waals surface area contributed by atoms with Crippen LogP contribution in [-0.2, 0) is 0 Å². The van der Waals surface area contributed by atoms with Crippen LogP contribution < -0.4 is 10.1 Å². The Morgan fingerprint density at radius 2 is 2.10 bits per heavy atom. The second kappa shape index (κ2) is 6.76. The highest BCUT2D eigenvalue weighted by Crippen LogP contribution is 2.26. The lowest BCUT2D eigenvalue weighted by molar-refractivity contribution is 0.0922. The first-order chi connectivity index (χ1) is 9.63. The maximum atomic E-state index is 12.3. The number of rotatable bonds is 3. The van der Waals surface area contributed by atoms with E-state index < -0.39 is 0 Å². The molecule has 1 aromatic rings. The Morgan fingerprint density at radius 3 is 2.70 bits per heavy atom. The zero-order valence-corrected chi connectivity index (χ0v) is 12.9. The van der Waals surface area contributed by atoms with E-state index in [0.29, 0.717) is 11.3 Å². The van der Waals surface area contributed by atoms with E-state index in [-0.39, 0.29) is 17.9 Å². The fourth-order valence-electron chi connectivity index (χ4n) is 2.49. The van der Waals surface area contributed by atoms with E-state index in [2.05, 4.69) is 27.3 Å². The van der Waals surface area contributed by atoms with Crippen molar-refractivity contribution in [1.82, 2.24) is 5.32 Å². The third kappa shape index (κ3) is 3.51. The summed E-state index contributed by atoms with van der Waals surface area (Å²) in [7, 11) is 1.55. The minimum Gasteiger partial charge on any atom is -0.496 e. The van der Waals surface area contributed by atoms with Gasteiger partial charge in [-0.25, -0.2) is 0 Å². The summed E-state index contributed by atoms with van der Waals surface area (Å²) in [5, 5.41) is 11.9. The average molecular weight is 337 g/mol. The van der Waals surface area contributed by atoms with Crippen LogP contribution >= 0.6 is 15.9 Å². The van der Waals surface area contributed by atoms with Gasteiger partial charge >= 0.3 is 0 Å². The lowest BCUT2D eigenvalue weighted by Gasteiger charge is -2.25.